The van der Waals surface area contributed by atoms with Crippen molar-refractivity contribution >= 4 is 34.3 Å². The third kappa shape index (κ3) is 2.87. The topological polar surface area (TPSA) is 86.0 Å². The lowest BCUT2D eigenvalue weighted by Crippen LogP contribution is -2.05. The Morgan fingerprint density at radius 1 is 1.23 bits per heavy atom. The summed E-state index contributed by atoms with van der Waals surface area (Å²) in [6.07, 6.45) is 1.45. The van der Waals surface area contributed by atoms with Crippen LogP contribution in [-0.4, -0.2) is 22.1 Å². The molecule has 6 nitrogen and oxygen atoms in total. The first-order valence-electron chi connectivity index (χ1n) is 6.61. The van der Waals surface area contributed by atoms with Crippen LogP contribution >= 0.6 is 11.6 Å². The summed E-state index contributed by atoms with van der Waals surface area (Å²) in [5.74, 6) is 1.87. The Balaban J connectivity index is 1.90. The monoisotopic (exact) mass is 315 g/mol. The van der Waals surface area contributed by atoms with E-state index >= 15 is 0 Å². The van der Waals surface area contributed by atoms with Gasteiger partial charge in [-0.2, -0.15) is 0 Å². The van der Waals surface area contributed by atoms with Gasteiger partial charge in [-0.1, -0.05) is 11.6 Å². The van der Waals surface area contributed by atoms with Gasteiger partial charge in [0.1, 0.15) is 23.7 Å². The number of nitrogens with zero attached hydrogens (tertiary/aromatic N) is 3. The largest absolute Gasteiger partial charge is 0.496 e. The predicted octanol–water partition coefficient (Wildman–Crippen LogP) is 2.88. The number of pyridine rings is 1. The average Bonchev–Trinajstić information content (AvgIpc) is 2.52. The van der Waals surface area contributed by atoms with Gasteiger partial charge in [0.2, 0.25) is 0 Å². The van der Waals surface area contributed by atoms with E-state index in [0.29, 0.717) is 28.9 Å². The van der Waals surface area contributed by atoms with Gasteiger partial charge in [-0.3, -0.25) is 0 Å². The van der Waals surface area contributed by atoms with Crippen molar-refractivity contribution in [3.05, 3.63) is 47.2 Å². The number of anilines is 2. The summed E-state index contributed by atoms with van der Waals surface area (Å²) >= 11 is 6.04. The minimum Gasteiger partial charge on any atom is -0.496 e. The molecule has 7 heteroatoms. The summed E-state index contributed by atoms with van der Waals surface area (Å²) in [5.41, 5.74) is 7.16. The zero-order chi connectivity index (χ0) is 15.5. The van der Waals surface area contributed by atoms with Crippen LogP contribution in [0.4, 0.5) is 11.6 Å². The van der Waals surface area contributed by atoms with Crippen LogP contribution in [0.2, 0.25) is 5.02 Å². The van der Waals surface area contributed by atoms with E-state index in [4.69, 9.17) is 22.1 Å². The highest BCUT2D eigenvalue weighted by Gasteiger charge is 2.08. The van der Waals surface area contributed by atoms with Crippen LogP contribution in [0.5, 0.6) is 5.75 Å². The third-order valence-electron chi connectivity index (χ3n) is 3.21. The fourth-order valence-corrected chi connectivity index (χ4v) is 2.36. The highest BCUT2D eigenvalue weighted by molar-refractivity contribution is 6.30. The normalized spacial score (nSPS) is 10.6. The lowest BCUT2D eigenvalue weighted by molar-refractivity contribution is 0.410. The molecule has 0 radical (unpaired) electrons. The Bertz CT molecular complexity index is 824. The number of ether oxygens (including phenoxy) is 1. The van der Waals surface area contributed by atoms with Gasteiger partial charge in [-0.05, 0) is 30.3 Å². The van der Waals surface area contributed by atoms with Crippen molar-refractivity contribution in [1.29, 1.82) is 0 Å². The second-order valence-corrected chi connectivity index (χ2v) is 5.08. The minimum atomic E-state index is 0.425. The standard InChI is InChI=1S/C15H14ClN5O/c1-22-12-4-2-10(16)6-9(12)7-18-14-11-3-5-13(17)21-15(11)20-8-19-14/h2-6,8H,7H2,1H3,(H3,17,18,19,20,21). The molecule has 0 aliphatic carbocycles. The molecule has 3 rings (SSSR count). The average molecular weight is 316 g/mol. The minimum absolute atomic E-state index is 0.425. The Labute approximate surface area is 132 Å². The highest BCUT2D eigenvalue weighted by Crippen LogP contribution is 2.25. The van der Waals surface area contributed by atoms with Crippen molar-refractivity contribution in [2.75, 3.05) is 18.2 Å². The number of nitrogens with two attached hydrogens (primary N) is 1. The van der Waals surface area contributed by atoms with Gasteiger partial charge in [-0.15, -0.1) is 0 Å². The number of hydrogen-bond acceptors (Lipinski definition) is 6. The molecule has 2 heterocycles. The molecule has 3 N–H and O–H groups in total. The van der Waals surface area contributed by atoms with E-state index in [9.17, 15) is 0 Å². The van der Waals surface area contributed by atoms with E-state index in [1.54, 1.807) is 19.2 Å². The molecule has 0 aliphatic rings. The second kappa shape index (κ2) is 6.03. The molecule has 3 aromatic rings. The Hall–Kier alpha value is -2.60. The van der Waals surface area contributed by atoms with E-state index in [1.807, 2.05) is 18.2 Å². The summed E-state index contributed by atoms with van der Waals surface area (Å²) in [4.78, 5) is 12.6. The molecule has 0 atom stereocenters. The second-order valence-electron chi connectivity index (χ2n) is 4.64. The molecular formula is C15H14ClN5O. The summed E-state index contributed by atoms with van der Waals surface area (Å²) in [5, 5.41) is 4.71. The van der Waals surface area contributed by atoms with Crippen LogP contribution in [0, 0.1) is 0 Å². The first-order valence-corrected chi connectivity index (χ1v) is 6.98. The maximum absolute atomic E-state index is 6.04. The maximum atomic E-state index is 6.04. The van der Waals surface area contributed by atoms with Crippen LogP contribution < -0.4 is 15.8 Å². The number of hydrogen-bond donors (Lipinski definition) is 2. The molecule has 1 aromatic carbocycles. The Morgan fingerprint density at radius 2 is 2.09 bits per heavy atom. The van der Waals surface area contributed by atoms with E-state index in [-0.39, 0.29) is 0 Å². The molecule has 0 amide bonds. The van der Waals surface area contributed by atoms with Crippen molar-refractivity contribution in [3.8, 4) is 5.75 Å². The van der Waals surface area contributed by atoms with Gasteiger partial charge in [0, 0.05) is 17.1 Å². The molecule has 0 unspecified atom stereocenters. The van der Waals surface area contributed by atoms with Gasteiger partial charge >= 0.3 is 0 Å². The van der Waals surface area contributed by atoms with Gasteiger partial charge in [0.25, 0.3) is 0 Å². The summed E-state index contributed by atoms with van der Waals surface area (Å²) in [7, 11) is 1.62. The number of aromatic nitrogens is 3. The van der Waals surface area contributed by atoms with Gasteiger partial charge in [0.15, 0.2) is 5.65 Å². The fourth-order valence-electron chi connectivity index (χ4n) is 2.16. The lowest BCUT2D eigenvalue weighted by atomic mass is 10.2. The Morgan fingerprint density at radius 3 is 2.91 bits per heavy atom. The van der Waals surface area contributed by atoms with Crippen molar-refractivity contribution in [3.63, 3.8) is 0 Å². The molecule has 0 saturated carbocycles. The van der Waals surface area contributed by atoms with E-state index in [0.717, 1.165) is 16.7 Å². The molecule has 0 saturated heterocycles. The molecule has 22 heavy (non-hydrogen) atoms. The first kappa shape index (κ1) is 14.3. The van der Waals surface area contributed by atoms with Gasteiger partial charge in [-0.25, -0.2) is 15.0 Å². The molecule has 0 spiro atoms. The summed E-state index contributed by atoms with van der Waals surface area (Å²) in [6, 6.07) is 9.04. The molecular weight excluding hydrogens is 302 g/mol. The number of rotatable bonds is 4. The van der Waals surface area contributed by atoms with Crippen LogP contribution in [-0.2, 0) is 6.54 Å². The number of nitrogen functional groups attached to an aromatic ring is 1. The molecule has 112 valence electrons. The fraction of sp³-hybridized carbons (Fsp3) is 0.133. The zero-order valence-electron chi connectivity index (χ0n) is 11.9. The van der Waals surface area contributed by atoms with Crippen LogP contribution in [0.15, 0.2) is 36.7 Å². The SMILES string of the molecule is COc1ccc(Cl)cc1CNc1ncnc2nc(N)ccc12. The third-order valence-corrected chi connectivity index (χ3v) is 3.44. The number of halogens is 1. The maximum Gasteiger partial charge on any atom is 0.166 e. The number of fused-ring (bicyclic) bond motifs is 1. The van der Waals surface area contributed by atoms with Crippen molar-refractivity contribution in [2.45, 2.75) is 6.54 Å². The lowest BCUT2D eigenvalue weighted by Gasteiger charge is -2.11. The predicted molar refractivity (Wildman–Crippen MR) is 87.1 cm³/mol. The highest BCUT2D eigenvalue weighted by atomic mass is 35.5. The first-order chi connectivity index (χ1) is 10.7. The van der Waals surface area contributed by atoms with Gasteiger partial charge < -0.3 is 15.8 Å². The quantitative estimate of drug-likeness (QED) is 0.770. The van der Waals surface area contributed by atoms with Crippen LogP contribution in [0.1, 0.15) is 5.56 Å². The van der Waals surface area contributed by atoms with Crippen molar-refractivity contribution in [2.24, 2.45) is 0 Å². The van der Waals surface area contributed by atoms with E-state index in [1.165, 1.54) is 6.33 Å². The summed E-state index contributed by atoms with van der Waals surface area (Å²) in [6.45, 7) is 0.514. The number of methoxy groups -OCH3 is 1. The van der Waals surface area contributed by atoms with Crippen LogP contribution in [0.25, 0.3) is 11.0 Å². The Kier molecular flexibility index (Phi) is 3.93. The molecule has 2 aromatic heterocycles. The van der Waals surface area contributed by atoms with E-state index in [2.05, 4.69) is 20.3 Å². The smallest absolute Gasteiger partial charge is 0.166 e. The molecule has 0 bridgehead atoms. The van der Waals surface area contributed by atoms with E-state index < -0.39 is 0 Å². The van der Waals surface area contributed by atoms with Crippen molar-refractivity contribution < 1.29 is 4.74 Å². The number of nitrogens with one attached hydrogen (secondary N) is 1. The zero-order valence-corrected chi connectivity index (χ0v) is 12.6. The van der Waals surface area contributed by atoms with Gasteiger partial charge in [0.05, 0.1) is 12.5 Å². The molecule has 0 aliphatic heterocycles. The van der Waals surface area contributed by atoms with Crippen LogP contribution in [0.3, 0.4) is 0 Å². The number of benzene rings is 1. The summed E-state index contributed by atoms with van der Waals surface area (Å²) < 4.78 is 5.33. The molecule has 0 fully saturated rings. The van der Waals surface area contributed by atoms with Crippen molar-refractivity contribution in [1.82, 2.24) is 15.0 Å².